The van der Waals surface area contributed by atoms with E-state index in [0.717, 1.165) is 69.8 Å². The van der Waals surface area contributed by atoms with Crippen molar-refractivity contribution in [2.45, 2.75) is 31.7 Å². The summed E-state index contributed by atoms with van der Waals surface area (Å²) >= 11 is 0. The molecule has 146 valence electrons. The van der Waals surface area contributed by atoms with Crippen molar-refractivity contribution < 1.29 is 13.9 Å². The summed E-state index contributed by atoms with van der Waals surface area (Å²) in [6.45, 7) is 4.34. The quantitative estimate of drug-likeness (QED) is 0.874. The Bertz CT molecular complexity index is 800. The summed E-state index contributed by atoms with van der Waals surface area (Å²) in [5, 5.41) is 0. The number of piperidine rings is 1. The van der Waals surface area contributed by atoms with E-state index in [-0.39, 0.29) is 23.7 Å². The normalized spacial score (nSPS) is 22.0. The molecule has 0 aliphatic carbocycles. The number of likely N-dealkylation sites (tertiary alicyclic amines) is 2. The highest BCUT2D eigenvalue weighted by molar-refractivity contribution is 5.80. The molecule has 1 aromatic heterocycles. The highest BCUT2D eigenvalue weighted by atomic mass is 19.1. The van der Waals surface area contributed by atoms with Crippen LogP contribution in [0, 0.1) is 11.7 Å². The Balaban J connectivity index is 1.44. The first kappa shape index (κ1) is 18.4. The van der Waals surface area contributed by atoms with E-state index in [1.807, 2.05) is 4.90 Å². The van der Waals surface area contributed by atoms with Crippen LogP contribution in [0.3, 0.4) is 0 Å². The van der Waals surface area contributed by atoms with Crippen molar-refractivity contribution in [1.82, 2.24) is 19.8 Å². The molecule has 7 heteroatoms. The smallest absolute Gasteiger partial charge is 0.226 e. The lowest BCUT2D eigenvalue weighted by Gasteiger charge is -2.34. The molecule has 3 heterocycles. The molecule has 0 bridgehead atoms. The maximum atomic E-state index is 13.5. The van der Waals surface area contributed by atoms with Gasteiger partial charge in [0.25, 0.3) is 0 Å². The minimum absolute atomic E-state index is 0.0283. The van der Waals surface area contributed by atoms with Gasteiger partial charge in [-0.25, -0.2) is 9.37 Å². The van der Waals surface area contributed by atoms with Gasteiger partial charge in [0.15, 0.2) is 0 Å². The van der Waals surface area contributed by atoms with E-state index in [2.05, 4.69) is 14.9 Å². The molecule has 1 aromatic carbocycles. The van der Waals surface area contributed by atoms with Gasteiger partial charge in [0.05, 0.1) is 23.7 Å². The lowest BCUT2D eigenvalue weighted by molar-refractivity contribution is -0.138. The zero-order valence-corrected chi connectivity index (χ0v) is 15.8. The number of H-pyrrole nitrogens is 1. The summed E-state index contributed by atoms with van der Waals surface area (Å²) in [6, 6.07) is 4.53. The Morgan fingerprint density at radius 1 is 1.30 bits per heavy atom. The first-order valence-corrected chi connectivity index (χ1v) is 9.82. The number of amides is 1. The monoisotopic (exact) mass is 374 g/mol. The third-order valence-corrected chi connectivity index (χ3v) is 5.86. The van der Waals surface area contributed by atoms with E-state index >= 15 is 0 Å². The predicted octanol–water partition coefficient (Wildman–Crippen LogP) is 2.72. The SMILES string of the molecule is COCCN1CCC(C(=O)N2CCC[C@H]2c2nc3ccc(F)cc3[nH]2)CC1. The average Bonchev–Trinajstić information content (AvgIpc) is 3.32. The molecular formula is C20H27FN4O2. The van der Waals surface area contributed by atoms with Crippen LogP contribution >= 0.6 is 0 Å². The van der Waals surface area contributed by atoms with Gasteiger partial charge in [-0.2, -0.15) is 0 Å². The van der Waals surface area contributed by atoms with Crippen LogP contribution in [0.25, 0.3) is 11.0 Å². The second kappa shape index (κ2) is 7.94. The van der Waals surface area contributed by atoms with Crippen molar-refractivity contribution in [2.75, 3.05) is 39.9 Å². The van der Waals surface area contributed by atoms with Crippen molar-refractivity contribution in [2.24, 2.45) is 5.92 Å². The average molecular weight is 374 g/mol. The second-order valence-electron chi connectivity index (χ2n) is 7.58. The van der Waals surface area contributed by atoms with E-state index in [1.165, 1.54) is 12.1 Å². The Labute approximate surface area is 158 Å². The van der Waals surface area contributed by atoms with Crippen LogP contribution in [-0.4, -0.2) is 65.6 Å². The largest absolute Gasteiger partial charge is 0.383 e. The molecule has 2 aromatic rings. The molecular weight excluding hydrogens is 347 g/mol. The maximum Gasteiger partial charge on any atom is 0.226 e. The lowest BCUT2D eigenvalue weighted by atomic mass is 9.95. The predicted molar refractivity (Wildman–Crippen MR) is 101 cm³/mol. The molecule has 2 aliphatic heterocycles. The molecule has 0 spiro atoms. The number of carbonyl (C=O) groups is 1. The number of fused-ring (bicyclic) bond motifs is 1. The number of carbonyl (C=O) groups excluding carboxylic acids is 1. The summed E-state index contributed by atoms with van der Waals surface area (Å²) in [4.78, 5) is 25.4. The molecule has 0 radical (unpaired) electrons. The number of aromatic amines is 1. The standard InChI is InChI=1S/C20H27FN4O2/c1-27-12-11-24-9-6-14(7-10-24)20(26)25-8-2-3-18(25)19-22-16-5-4-15(21)13-17(16)23-19/h4-5,13-14,18H,2-3,6-12H2,1H3,(H,22,23)/t18-/m0/s1. The van der Waals surface area contributed by atoms with E-state index in [4.69, 9.17) is 4.74 Å². The first-order chi connectivity index (χ1) is 13.2. The van der Waals surface area contributed by atoms with Crippen molar-refractivity contribution in [1.29, 1.82) is 0 Å². The number of aromatic nitrogens is 2. The Kier molecular flexibility index (Phi) is 5.41. The highest BCUT2D eigenvalue weighted by Crippen LogP contribution is 2.34. The van der Waals surface area contributed by atoms with Gasteiger partial charge in [-0.05, 0) is 57.0 Å². The first-order valence-electron chi connectivity index (χ1n) is 9.82. The summed E-state index contributed by atoms with van der Waals surface area (Å²) in [6.07, 6.45) is 3.68. The van der Waals surface area contributed by atoms with Crippen LogP contribution in [0.5, 0.6) is 0 Å². The van der Waals surface area contributed by atoms with Crippen LogP contribution in [0.1, 0.15) is 37.5 Å². The van der Waals surface area contributed by atoms with Gasteiger partial charge >= 0.3 is 0 Å². The number of methoxy groups -OCH3 is 1. The molecule has 6 nitrogen and oxygen atoms in total. The fourth-order valence-corrected chi connectivity index (χ4v) is 4.33. The van der Waals surface area contributed by atoms with Gasteiger partial charge in [0, 0.05) is 26.1 Å². The molecule has 2 saturated heterocycles. The Morgan fingerprint density at radius 2 is 2.11 bits per heavy atom. The highest BCUT2D eigenvalue weighted by Gasteiger charge is 2.36. The minimum Gasteiger partial charge on any atom is -0.383 e. The second-order valence-corrected chi connectivity index (χ2v) is 7.58. The van der Waals surface area contributed by atoms with Gasteiger partial charge in [0.2, 0.25) is 5.91 Å². The van der Waals surface area contributed by atoms with Crippen molar-refractivity contribution in [3.8, 4) is 0 Å². The van der Waals surface area contributed by atoms with E-state index in [1.54, 1.807) is 13.2 Å². The summed E-state index contributed by atoms with van der Waals surface area (Å²) in [5.74, 6) is 0.831. The van der Waals surface area contributed by atoms with Crippen LogP contribution in [-0.2, 0) is 9.53 Å². The number of ether oxygens (including phenoxy) is 1. The molecule has 27 heavy (non-hydrogen) atoms. The third kappa shape index (κ3) is 3.84. The molecule has 2 fully saturated rings. The number of hydrogen-bond acceptors (Lipinski definition) is 4. The van der Waals surface area contributed by atoms with E-state index < -0.39 is 0 Å². The number of hydrogen-bond donors (Lipinski definition) is 1. The van der Waals surface area contributed by atoms with Gasteiger partial charge < -0.3 is 19.5 Å². The molecule has 0 unspecified atom stereocenters. The molecule has 4 rings (SSSR count). The molecule has 2 aliphatic rings. The van der Waals surface area contributed by atoms with Gasteiger partial charge in [-0.15, -0.1) is 0 Å². The van der Waals surface area contributed by atoms with Crippen LogP contribution in [0.4, 0.5) is 4.39 Å². The topological polar surface area (TPSA) is 61.5 Å². The Morgan fingerprint density at radius 3 is 2.89 bits per heavy atom. The fourth-order valence-electron chi connectivity index (χ4n) is 4.33. The Hall–Kier alpha value is -1.99. The van der Waals surface area contributed by atoms with Crippen molar-refractivity contribution >= 4 is 16.9 Å². The number of nitrogens with zero attached hydrogens (tertiary/aromatic N) is 3. The number of imidazole rings is 1. The van der Waals surface area contributed by atoms with Gasteiger partial charge in [0.1, 0.15) is 11.6 Å². The number of benzene rings is 1. The summed E-state index contributed by atoms with van der Waals surface area (Å²) in [5.41, 5.74) is 1.44. The molecule has 0 saturated carbocycles. The van der Waals surface area contributed by atoms with Gasteiger partial charge in [-0.3, -0.25) is 4.79 Å². The molecule has 1 amide bonds. The zero-order chi connectivity index (χ0) is 18.8. The molecule has 1 atom stereocenters. The minimum atomic E-state index is -0.280. The van der Waals surface area contributed by atoms with Gasteiger partial charge in [-0.1, -0.05) is 0 Å². The summed E-state index contributed by atoms with van der Waals surface area (Å²) < 4.78 is 18.6. The van der Waals surface area contributed by atoms with Crippen molar-refractivity contribution in [3.05, 3.63) is 29.8 Å². The number of nitrogens with one attached hydrogen (secondary N) is 1. The lowest BCUT2D eigenvalue weighted by Crippen LogP contribution is -2.43. The molecule has 1 N–H and O–H groups in total. The van der Waals surface area contributed by atoms with E-state index in [0.29, 0.717) is 5.52 Å². The fraction of sp³-hybridized carbons (Fsp3) is 0.600. The number of halogens is 1. The van der Waals surface area contributed by atoms with Crippen LogP contribution < -0.4 is 0 Å². The summed E-state index contributed by atoms with van der Waals surface area (Å²) in [7, 11) is 1.72. The number of rotatable bonds is 5. The maximum absolute atomic E-state index is 13.5. The van der Waals surface area contributed by atoms with E-state index in [9.17, 15) is 9.18 Å². The zero-order valence-electron chi connectivity index (χ0n) is 15.8. The third-order valence-electron chi connectivity index (χ3n) is 5.86. The van der Waals surface area contributed by atoms with Crippen LogP contribution in [0.15, 0.2) is 18.2 Å². The van der Waals surface area contributed by atoms with Crippen molar-refractivity contribution in [3.63, 3.8) is 0 Å². The van der Waals surface area contributed by atoms with Crippen LogP contribution in [0.2, 0.25) is 0 Å².